The highest BCUT2D eigenvalue weighted by atomic mass is 79.9. The van der Waals surface area contributed by atoms with E-state index in [1.807, 2.05) is 61.5 Å². The van der Waals surface area contributed by atoms with Crippen LogP contribution in [-0.4, -0.2) is 50.5 Å². The number of halogens is 2. The van der Waals surface area contributed by atoms with E-state index in [1.54, 1.807) is 4.90 Å². The zero-order chi connectivity index (χ0) is 29.1. The largest absolute Gasteiger partial charge is 0.354 e. The van der Waals surface area contributed by atoms with Crippen molar-refractivity contribution in [3.63, 3.8) is 0 Å². The molecule has 0 aliphatic rings. The molecular formula is C30H35BrFN3O4S. The Kier molecular flexibility index (Phi) is 11.7. The fourth-order valence-electron chi connectivity index (χ4n) is 4.36. The minimum atomic E-state index is -3.67. The number of nitrogens with one attached hydrogen (secondary N) is 1. The predicted octanol–water partition coefficient (Wildman–Crippen LogP) is 5.30. The van der Waals surface area contributed by atoms with Crippen LogP contribution in [0.5, 0.6) is 0 Å². The summed E-state index contributed by atoms with van der Waals surface area (Å²) in [6, 6.07) is 21.5. The minimum absolute atomic E-state index is 0.0214. The van der Waals surface area contributed by atoms with Crippen LogP contribution in [0.2, 0.25) is 0 Å². The molecule has 0 radical (unpaired) electrons. The van der Waals surface area contributed by atoms with Crippen molar-refractivity contribution in [2.45, 2.75) is 45.2 Å². The summed E-state index contributed by atoms with van der Waals surface area (Å²) in [5.41, 5.74) is 2.10. The predicted molar refractivity (Wildman–Crippen MR) is 160 cm³/mol. The van der Waals surface area contributed by atoms with Gasteiger partial charge in [0.05, 0.1) is 11.9 Å². The molecule has 0 unspecified atom stereocenters. The average molecular weight is 633 g/mol. The van der Waals surface area contributed by atoms with E-state index in [1.165, 1.54) is 24.3 Å². The Bertz CT molecular complexity index is 1370. The van der Waals surface area contributed by atoms with Crippen molar-refractivity contribution in [2.75, 3.05) is 23.7 Å². The molecule has 3 aromatic rings. The molecule has 0 bridgehead atoms. The lowest BCUT2D eigenvalue weighted by Crippen LogP contribution is -2.50. The summed E-state index contributed by atoms with van der Waals surface area (Å²) >= 11 is 3.48. The topological polar surface area (TPSA) is 86.8 Å². The van der Waals surface area contributed by atoms with E-state index in [2.05, 4.69) is 21.2 Å². The molecule has 1 atom stereocenters. The van der Waals surface area contributed by atoms with Gasteiger partial charge in [0.15, 0.2) is 0 Å². The van der Waals surface area contributed by atoms with Crippen LogP contribution in [-0.2, 0) is 32.6 Å². The maximum absolute atomic E-state index is 13.8. The van der Waals surface area contributed by atoms with E-state index in [0.717, 1.165) is 32.6 Å². The lowest BCUT2D eigenvalue weighted by Gasteiger charge is -2.32. The fourth-order valence-corrected chi connectivity index (χ4v) is 5.78. The highest BCUT2D eigenvalue weighted by molar-refractivity contribution is 9.10. The number of nitrogens with zero attached hydrogens (tertiary/aromatic N) is 2. The van der Waals surface area contributed by atoms with Gasteiger partial charge in [0.2, 0.25) is 21.8 Å². The average Bonchev–Trinajstić information content (AvgIpc) is 2.92. The first kappa shape index (κ1) is 31.3. The molecular weight excluding hydrogens is 597 g/mol. The number of sulfonamides is 1. The first-order valence-corrected chi connectivity index (χ1v) is 15.8. The van der Waals surface area contributed by atoms with Crippen LogP contribution in [0, 0.1) is 5.82 Å². The number of carbonyl (C=O) groups is 2. The lowest BCUT2D eigenvalue weighted by atomic mass is 10.0. The fraction of sp³-hybridized carbons (Fsp3) is 0.333. The van der Waals surface area contributed by atoms with Crippen LogP contribution in [0.25, 0.3) is 0 Å². The van der Waals surface area contributed by atoms with Gasteiger partial charge in [-0.05, 0) is 60.4 Å². The molecule has 40 heavy (non-hydrogen) atoms. The summed E-state index contributed by atoms with van der Waals surface area (Å²) in [6.45, 7) is 2.70. The summed E-state index contributed by atoms with van der Waals surface area (Å²) in [4.78, 5) is 28.8. The van der Waals surface area contributed by atoms with Crippen LogP contribution in [0.4, 0.5) is 10.1 Å². The van der Waals surface area contributed by atoms with Crippen molar-refractivity contribution < 1.29 is 22.4 Å². The number of amides is 2. The van der Waals surface area contributed by atoms with Gasteiger partial charge in [0.1, 0.15) is 11.9 Å². The minimum Gasteiger partial charge on any atom is -0.354 e. The molecule has 0 saturated heterocycles. The summed E-state index contributed by atoms with van der Waals surface area (Å²) < 4.78 is 40.4. The summed E-state index contributed by atoms with van der Waals surface area (Å²) in [6.07, 6.45) is 2.40. The quantitative estimate of drug-likeness (QED) is 0.262. The number of anilines is 1. The van der Waals surface area contributed by atoms with Crippen molar-refractivity contribution in [3.8, 4) is 0 Å². The lowest BCUT2D eigenvalue weighted by molar-refractivity contribution is -0.141. The number of rotatable bonds is 14. The Labute approximate surface area is 244 Å². The Balaban J connectivity index is 1.86. The molecule has 0 fully saturated rings. The highest BCUT2D eigenvalue weighted by Gasteiger charge is 2.30. The smallest absolute Gasteiger partial charge is 0.243 e. The van der Waals surface area contributed by atoms with Crippen molar-refractivity contribution in [1.29, 1.82) is 0 Å². The Morgan fingerprint density at radius 3 is 2.27 bits per heavy atom. The first-order chi connectivity index (χ1) is 19.1. The molecule has 0 heterocycles. The van der Waals surface area contributed by atoms with Crippen molar-refractivity contribution in [1.82, 2.24) is 10.2 Å². The zero-order valence-corrected chi connectivity index (χ0v) is 25.1. The number of hydrogen-bond acceptors (Lipinski definition) is 4. The van der Waals surface area contributed by atoms with Gasteiger partial charge < -0.3 is 10.2 Å². The monoisotopic (exact) mass is 631 g/mol. The van der Waals surface area contributed by atoms with Gasteiger partial charge in [-0.2, -0.15) is 0 Å². The second-order valence-electron chi connectivity index (χ2n) is 9.56. The number of benzene rings is 3. The van der Waals surface area contributed by atoms with E-state index in [9.17, 15) is 22.4 Å². The zero-order valence-electron chi connectivity index (χ0n) is 22.7. The third-order valence-electron chi connectivity index (χ3n) is 6.33. The van der Waals surface area contributed by atoms with Gasteiger partial charge in [0, 0.05) is 36.9 Å². The van der Waals surface area contributed by atoms with Crippen LogP contribution in [0.15, 0.2) is 83.3 Å². The summed E-state index contributed by atoms with van der Waals surface area (Å²) in [5.74, 6) is -0.973. The highest BCUT2D eigenvalue weighted by Crippen LogP contribution is 2.21. The van der Waals surface area contributed by atoms with Gasteiger partial charge >= 0.3 is 0 Å². The van der Waals surface area contributed by atoms with Gasteiger partial charge in [-0.3, -0.25) is 13.9 Å². The van der Waals surface area contributed by atoms with E-state index in [4.69, 9.17) is 0 Å². The van der Waals surface area contributed by atoms with Crippen LogP contribution >= 0.6 is 15.9 Å². The standard InChI is InChI=1S/C30H35BrFN3O4S/c1-3-18-33-30(37)28(21-23-9-5-4-6-10-23)34(22-24-11-7-12-25(31)20-24)29(36)13-8-19-35(40(2,38)39)27-16-14-26(32)15-17-27/h4-7,9-12,14-17,20,28H,3,8,13,18-19,21-22H2,1-2H3,(H,33,37)/t28-/m1/s1. The molecule has 0 aromatic heterocycles. The third kappa shape index (κ3) is 9.45. The normalized spacial score (nSPS) is 12.0. The Hall–Kier alpha value is -3.24. The molecule has 3 rings (SSSR count). The second kappa shape index (κ2) is 14.9. The van der Waals surface area contributed by atoms with Gasteiger partial charge in [-0.25, -0.2) is 12.8 Å². The molecule has 0 aliphatic heterocycles. The maximum Gasteiger partial charge on any atom is 0.243 e. The molecule has 10 heteroatoms. The number of carbonyl (C=O) groups excluding carboxylic acids is 2. The third-order valence-corrected chi connectivity index (χ3v) is 8.02. The second-order valence-corrected chi connectivity index (χ2v) is 12.4. The van der Waals surface area contributed by atoms with Gasteiger partial charge in [-0.1, -0.05) is 65.3 Å². The molecule has 2 amide bonds. The number of hydrogen-bond donors (Lipinski definition) is 1. The molecule has 0 aliphatic carbocycles. The van der Waals surface area contributed by atoms with Crippen LogP contribution < -0.4 is 9.62 Å². The molecule has 1 N–H and O–H groups in total. The molecule has 0 spiro atoms. The molecule has 0 saturated carbocycles. The van der Waals surface area contributed by atoms with Crippen LogP contribution in [0.1, 0.15) is 37.3 Å². The SMILES string of the molecule is CCCNC(=O)[C@@H](Cc1ccccc1)N(Cc1cccc(Br)c1)C(=O)CCCN(c1ccc(F)cc1)S(C)(=O)=O. The molecule has 7 nitrogen and oxygen atoms in total. The first-order valence-electron chi connectivity index (χ1n) is 13.2. The summed E-state index contributed by atoms with van der Waals surface area (Å²) in [5, 5.41) is 2.95. The van der Waals surface area contributed by atoms with Crippen molar-refractivity contribution in [3.05, 3.63) is 100 Å². The van der Waals surface area contributed by atoms with E-state index < -0.39 is 21.9 Å². The summed E-state index contributed by atoms with van der Waals surface area (Å²) in [7, 11) is -3.67. The van der Waals surface area contributed by atoms with Gasteiger partial charge in [0.25, 0.3) is 0 Å². The molecule has 214 valence electrons. The maximum atomic E-state index is 13.8. The van der Waals surface area contributed by atoms with E-state index in [0.29, 0.717) is 18.7 Å². The van der Waals surface area contributed by atoms with Crippen molar-refractivity contribution >= 4 is 43.5 Å². The van der Waals surface area contributed by atoms with Gasteiger partial charge in [-0.15, -0.1) is 0 Å². The molecule has 3 aromatic carbocycles. The van der Waals surface area contributed by atoms with E-state index >= 15 is 0 Å². The van der Waals surface area contributed by atoms with Crippen molar-refractivity contribution in [2.24, 2.45) is 0 Å². The van der Waals surface area contributed by atoms with E-state index in [-0.39, 0.29) is 37.7 Å². The van der Waals surface area contributed by atoms with Crippen LogP contribution in [0.3, 0.4) is 0 Å². The Morgan fingerprint density at radius 2 is 1.65 bits per heavy atom. The Morgan fingerprint density at radius 1 is 0.975 bits per heavy atom.